The first-order valence-electron chi connectivity index (χ1n) is 10.8. The highest BCUT2D eigenvalue weighted by Gasteiger charge is 2.20. The number of ether oxygens (including phenoxy) is 1. The third kappa shape index (κ3) is 6.31. The third-order valence-corrected chi connectivity index (χ3v) is 5.22. The van der Waals surface area contributed by atoms with Crippen LogP contribution >= 0.6 is 0 Å². The van der Waals surface area contributed by atoms with E-state index >= 15 is 0 Å². The van der Waals surface area contributed by atoms with Crippen molar-refractivity contribution in [3.05, 3.63) is 71.8 Å². The van der Waals surface area contributed by atoms with E-state index in [1.807, 2.05) is 81.4 Å². The van der Waals surface area contributed by atoms with Crippen molar-refractivity contribution >= 4 is 28.3 Å². The van der Waals surface area contributed by atoms with Gasteiger partial charge in [-0.05, 0) is 48.2 Å². The van der Waals surface area contributed by atoms with E-state index in [1.165, 1.54) is 0 Å². The molecule has 0 aromatic heterocycles. The van der Waals surface area contributed by atoms with Crippen LogP contribution in [0.1, 0.15) is 31.4 Å². The molecule has 0 aliphatic carbocycles. The summed E-state index contributed by atoms with van der Waals surface area (Å²) in [7, 11) is 0. The number of carbonyl (C=O) groups excluding carboxylic acids is 1. The molecule has 0 saturated carbocycles. The lowest BCUT2D eigenvalue weighted by Crippen LogP contribution is -2.37. The minimum absolute atomic E-state index is 0.145. The highest BCUT2D eigenvalue weighted by Crippen LogP contribution is 2.28. The van der Waals surface area contributed by atoms with Crippen LogP contribution in [0.25, 0.3) is 10.8 Å². The maximum atomic E-state index is 12.4. The van der Waals surface area contributed by atoms with E-state index < -0.39 is 12.0 Å². The highest BCUT2D eigenvalue weighted by atomic mass is 16.5. The standard InChI is InChI=1S/C26H30N2O4/c1-17(2)14-23(26(30)31)27-15-22-21-7-5-4-6-19(21)10-13-24(22)32-16-25(29)28-20-11-8-18(3)9-12-20/h4-13,17,23,27H,14-16H2,1-3H3,(H,28,29)(H,30,31). The predicted molar refractivity (Wildman–Crippen MR) is 127 cm³/mol. The number of carboxylic acids is 1. The summed E-state index contributed by atoms with van der Waals surface area (Å²) in [6.45, 7) is 6.15. The van der Waals surface area contributed by atoms with Gasteiger partial charge in [0.05, 0.1) is 0 Å². The molecular formula is C26H30N2O4. The van der Waals surface area contributed by atoms with Gasteiger partial charge in [0.15, 0.2) is 6.61 Å². The average molecular weight is 435 g/mol. The Hall–Kier alpha value is -3.38. The second kappa shape index (κ2) is 10.8. The van der Waals surface area contributed by atoms with Crippen molar-refractivity contribution < 1.29 is 19.4 Å². The quantitative estimate of drug-likeness (QED) is 0.428. The van der Waals surface area contributed by atoms with Gasteiger partial charge >= 0.3 is 5.97 Å². The second-order valence-electron chi connectivity index (χ2n) is 8.37. The molecule has 6 nitrogen and oxygen atoms in total. The van der Waals surface area contributed by atoms with Crippen molar-refractivity contribution in [1.82, 2.24) is 5.32 Å². The molecule has 0 radical (unpaired) electrons. The summed E-state index contributed by atoms with van der Waals surface area (Å²) < 4.78 is 5.88. The predicted octanol–water partition coefficient (Wildman–Crippen LogP) is 4.75. The zero-order chi connectivity index (χ0) is 23.1. The van der Waals surface area contributed by atoms with Crippen molar-refractivity contribution in [2.24, 2.45) is 5.92 Å². The minimum Gasteiger partial charge on any atom is -0.483 e. The Morgan fingerprint density at radius 1 is 1.00 bits per heavy atom. The summed E-state index contributed by atoms with van der Waals surface area (Å²) in [5, 5.41) is 17.5. The number of rotatable bonds is 10. The zero-order valence-corrected chi connectivity index (χ0v) is 18.7. The molecule has 3 N–H and O–H groups in total. The molecule has 0 aliphatic heterocycles. The van der Waals surface area contributed by atoms with Crippen molar-refractivity contribution in [2.75, 3.05) is 11.9 Å². The van der Waals surface area contributed by atoms with E-state index in [9.17, 15) is 14.7 Å². The van der Waals surface area contributed by atoms with Crippen LogP contribution < -0.4 is 15.4 Å². The lowest BCUT2D eigenvalue weighted by atomic mass is 10.0. The first-order chi connectivity index (χ1) is 15.3. The summed E-state index contributed by atoms with van der Waals surface area (Å²) in [6, 6.07) is 18.5. The van der Waals surface area contributed by atoms with Gasteiger partial charge in [0, 0.05) is 17.8 Å². The Bertz CT molecular complexity index is 1080. The van der Waals surface area contributed by atoms with Gasteiger partial charge in [-0.2, -0.15) is 0 Å². The second-order valence-corrected chi connectivity index (χ2v) is 8.37. The molecule has 0 saturated heterocycles. The maximum Gasteiger partial charge on any atom is 0.320 e. The molecule has 0 bridgehead atoms. The lowest BCUT2D eigenvalue weighted by molar-refractivity contribution is -0.140. The topological polar surface area (TPSA) is 87.7 Å². The largest absolute Gasteiger partial charge is 0.483 e. The number of carbonyl (C=O) groups is 2. The number of hydrogen-bond donors (Lipinski definition) is 3. The van der Waals surface area contributed by atoms with Crippen molar-refractivity contribution in [3.63, 3.8) is 0 Å². The van der Waals surface area contributed by atoms with Crippen LogP contribution in [0, 0.1) is 12.8 Å². The minimum atomic E-state index is -0.876. The molecule has 3 rings (SSSR count). The van der Waals surface area contributed by atoms with Crippen LogP contribution in [-0.4, -0.2) is 29.6 Å². The van der Waals surface area contributed by atoms with Crippen LogP contribution in [0.4, 0.5) is 5.69 Å². The van der Waals surface area contributed by atoms with E-state index in [-0.39, 0.29) is 18.4 Å². The van der Waals surface area contributed by atoms with Gasteiger partial charge in [0.25, 0.3) is 5.91 Å². The Kier molecular flexibility index (Phi) is 7.84. The maximum absolute atomic E-state index is 12.4. The van der Waals surface area contributed by atoms with Crippen LogP contribution in [0.15, 0.2) is 60.7 Å². The number of carboxylic acid groups (broad SMARTS) is 1. The summed E-state index contributed by atoms with van der Waals surface area (Å²) >= 11 is 0. The van der Waals surface area contributed by atoms with Crippen LogP contribution in [0.5, 0.6) is 5.75 Å². The van der Waals surface area contributed by atoms with Gasteiger partial charge in [-0.25, -0.2) is 0 Å². The molecule has 3 aromatic carbocycles. The first kappa shape index (κ1) is 23.3. The summed E-state index contributed by atoms with van der Waals surface area (Å²) in [5.74, 6) is -0.329. The Balaban J connectivity index is 1.76. The smallest absolute Gasteiger partial charge is 0.320 e. The van der Waals surface area contributed by atoms with E-state index in [0.717, 1.165) is 21.9 Å². The molecule has 0 aliphatic rings. The molecule has 0 heterocycles. The fourth-order valence-electron chi connectivity index (χ4n) is 3.58. The molecular weight excluding hydrogens is 404 g/mol. The normalized spacial score (nSPS) is 12.0. The van der Waals surface area contributed by atoms with Gasteiger partial charge in [-0.15, -0.1) is 0 Å². The number of aliphatic carboxylic acids is 1. The molecule has 6 heteroatoms. The van der Waals surface area contributed by atoms with Crippen molar-refractivity contribution in [1.29, 1.82) is 0 Å². The fourth-order valence-corrected chi connectivity index (χ4v) is 3.58. The van der Waals surface area contributed by atoms with Crippen molar-refractivity contribution in [2.45, 2.75) is 39.8 Å². The SMILES string of the molecule is Cc1ccc(NC(=O)COc2ccc3ccccc3c2CNC(CC(C)C)C(=O)O)cc1. The van der Waals surface area contributed by atoms with Gasteiger partial charge in [0.2, 0.25) is 0 Å². The van der Waals surface area contributed by atoms with Gasteiger partial charge in [0.1, 0.15) is 11.8 Å². The number of aryl methyl sites for hydroxylation is 1. The monoisotopic (exact) mass is 434 g/mol. The van der Waals surface area contributed by atoms with Crippen molar-refractivity contribution in [3.8, 4) is 5.75 Å². The number of fused-ring (bicyclic) bond motifs is 1. The zero-order valence-electron chi connectivity index (χ0n) is 18.7. The molecule has 3 aromatic rings. The van der Waals surface area contributed by atoms with Gasteiger partial charge in [-0.3, -0.25) is 9.59 Å². The first-order valence-corrected chi connectivity index (χ1v) is 10.8. The molecule has 0 spiro atoms. The fraction of sp³-hybridized carbons (Fsp3) is 0.308. The van der Waals surface area contributed by atoms with E-state index in [4.69, 9.17) is 4.74 Å². The summed E-state index contributed by atoms with van der Waals surface area (Å²) in [6.07, 6.45) is 0.523. The Labute approximate surface area is 188 Å². The van der Waals surface area contributed by atoms with E-state index in [1.54, 1.807) is 0 Å². The lowest BCUT2D eigenvalue weighted by Gasteiger charge is -2.19. The molecule has 168 valence electrons. The number of hydrogen-bond acceptors (Lipinski definition) is 4. The molecule has 32 heavy (non-hydrogen) atoms. The summed E-state index contributed by atoms with van der Waals surface area (Å²) in [4.78, 5) is 24.1. The number of benzene rings is 3. The van der Waals surface area contributed by atoms with Crippen LogP contribution in [0.3, 0.4) is 0 Å². The third-order valence-electron chi connectivity index (χ3n) is 5.22. The van der Waals surface area contributed by atoms with E-state index in [0.29, 0.717) is 24.4 Å². The van der Waals surface area contributed by atoms with Crippen LogP contribution in [0.2, 0.25) is 0 Å². The molecule has 1 amide bonds. The summed E-state index contributed by atoms with van der Waals surface area (Å²) in [5.41, 5.74) is 2.66. The van der Waals surface area contributed by atoms with Crippen LogP contribution in [-0.2, 0) is 16.1 Å². The molecule has 0 fully saturated rings. The van der Waals surface area contributed by atoms with E-state index in [2.05, 4.69) is 10.6 Å². The number of nitrogens with one attached hydrogen (secondary N) is 2. The molecule has 1 unspecified atom stereocenters. The van der Waals surface area contributed by atoms with Gasteiger partial charge < -0.3 is 20.5 Å². The molecule has 1 atom stereocenters. The number of anilines is 1. The van der Waals surface area contributed by atoms with Gasteiger partial charge in [-0.1, -0.05) is 61.9 Å². The number of amides is 1. The Morgan fingerprint density at radius 3 is 2.41 bits per heavy atom. The Morgan fingerprint density at radius 2 is 1.72 bits per heavy atom. The highest BCUT2D eigenvalue weighted by molar-refractivity contribution is 5.92. The average Bonchev–Trinajstić information content (AvgIpc) is 2.76.